The van der Waals surface area contributed by atoms with Gasteiger partial charge in [-0.05, 0) is 43.9 Å². The second-order valence-corrected chi connectivity index (χ2v) is 9.08. The highest BCUT2D eigenvalue weighted by Crippen LogP contribution is 2.17. The molecule has 11 nitrogen and oxygen atoms in total. The Bertz CT molecular complexity index is 893. The molecule has 36 heavy (non-hydrogen) atoms. The Labute approximate surface area is 214 Å². The molecule has 1 amide bonds. The van der Waals surface area contributed by atoms with E-state index in [-0.39, 0.29) is 18.4 Å². The van der Waals surface area contributed by atoms with E-state index in [1.807, 2.05) is 38.1 Å². The van der Waals surface area contributed by atoms with Gasteiger partial charge in [-0.2, -0.15) is 15.0 Å². The Kier molecular flexibility index (Phi) is 13.5. The monoisotopic (exact) mass is 502 g/mol. The van der Waals surface area contributed by atoms with Gasteiger partial charge in [0.1, 0.15) is 0 Å². The zero-order chi connectivity index (χ0) is 26.2. The molecule has 0 aliphatic rings. The molecule has 0 saturated heterocycles. The van der Waals surface area contributed by atoms with Crippen LogP contribution in [0.15, 0.2) is 24.3 Å². The molecule has 1 aromatic carbocycles. The van der Waals surface area contributed by atoms with Crippen molar-refractivity contribution in [1.29, 1.82) is 0 Å². The lowest BCUT2D eigenvalue weighted by Gasteiger charge is -2.13. The number of nitrogens with one attached hydrogen (secondary N) is 4. The largest absolute Gasteiger partial charge is 0.378 e. The first kappa shape index (κ1) is 29.2. The zero-order valence-corrected chi connectivity index (χ0v) is 22.0. The van der Waals surface area contributed by atoms with E-state index >= 15 is 0 Å². The average Bonchev–Trinajstić information content (AvgIpc) is 2.81. The number of ether oxygens (including phenoxy) is 2. The summed E-state index contributed by atoms with van der Waals surface area (Å²) in [6.07, 6.45) is 1.31. The first-order valence-electron chi connectivity index (χ1n) is 12.6. The molecule has 0 spiro atoms. The summed E-state index contributed by atoms with van der Waals surface area (Å²) in [6, 6.07) is 7.81. The second kappa shape index (κ2) is 16.6. The van der Waals surface area contributed by atoms with E-state index in [9.17, 15) is 4.79 Å². The van der Waals surface area contributed by atoms with Crippen molar-refractivity contribution in [1.82, 2.24) is 20.3 Å². The molecule has 0 atom stereocenters. The fraction of sp³-hybridized carbons (Fsp3) is 0.600. The smallest absolute Gasteiger partial charge is 0.233 e. The number of carbonyl (C=O) groups is 1. The van der Waals surface area contributed by atoms with Crippen LogP contribution in [0.4, 0.5) is 23.5 Å². The first-order chi connectivity index (χ1) is 17.4. The topological polar surface area (TPSA) is 148 Å². The Morgan fingerprint density at radius 3 is 2.22 bits per heavy atom. The van der Waals surface area contributed by atoms with Gasteiger partial charge in [0.05, 0.1) is 32.8 Å². The van der Waals surface area contributed by atoms with Gasteiger partial charge in [-0.3, -0.25) is 4.79 Å². The molecule has 200 valence electrons. The molecule has 2 rings (SSSR count). The third-order valence-electron chi connectivity index (χ3n) is 4.84. The molecule has 0 bridgehead atoms. The van der Waals surface area contributed by atoms with Crippen molar-refractivity contribution in [3.05, 3.63) is 29.8 Å². The number of nitrogens with two attached hydrogens (primary N) is 1. The summed E-state index contributed by atoms with van der Waals surface area (Å²) in [5, 5.41) is 12.6. The van der Waals surface area contributed by atoms with Gasteiger partial charge in [0.2, 0.25) is 23.8 Å². The molecule has 0 aliphatic carbocycles. The summed E-state index contributed by atoms with van der Waals surface area (Å²) in [6.45, 7) is 12.1. The molecule has 0 saturated carbocycles. The van der Waals surface area contributed by atoms with Crippen LogP contribution in [-0.2, 0) is 20.7 Å². The molecular weight excluding hydrogens is 460 g/mol. The van der Waals surface area contributed by atoms with E-state index < -0.39 is 0 Å². The van der Waals surface area contributed by atoms with Gasteiger partial charge in [-0.25, -0.2) is 0 Å². The van der Waals surface area contributed by atoms with E-state index in [0.29, 0.717) is 63.3 Å². The summed E-state index contributed by atoms with van der Waals surface area (Å²) in [4.78, 5) is 25.6. The van der Waals surface area contributed by atoms with Crippen LogP contribution in [-0.4, -0.2) is 73.0 Å². The Morgan fingerprint density at radius 2 is 1.56 bits per heavy atom. The predicted molar refractivity (Wildman–Crippen MR) is 144 cm³/mol. The van der Waals surface area contributed by atoms with Gasteiger partial charge in [-0.1, -0.05) is 26.0 Å². The molecule has 2 aromatic rings. The quantitative estimate of drug-likeness (QED) is 0.193. The number of aromatic nitrogens is 3. The zero-order valence-electron chi connectivity index (χ0n) is 22.0. The lowest BCUT2D eigenvalue weighted by molar-refractivity contribution is -0.120. The van der Waals surface area contributed by atoms with E-state index in [1.54, 1.807) is 0 Å². The lowest BCUT2D eigenvalue weighted by Crippen LogP contribution is -2.29. The standard InChI is InChI=1S/C25H42N8O3/c1-18(2)9-11-28-23-31-24(29-19(3)4)33-25(32-23)30-21-7-5-20(6-8-21)17-22(34)27-12-14-36-16-15-35-13-10-26/h5-8,18-19H,9-17,26H2,1-4H3,(H,27,34)(H3,28,29,30,31,32,33). The van der Waals surface area contributed by atoms with Gasteiger partial charge >= 0.3 is 0 Å². The molecule has 0 aliphatic heterocycles. The number of carbonyl (C=O) groups excluding carboxylic acids is 1. The number of amides is 1. The molecule has 0 fully saturated rings. The maximum absolute atomic E-state index is 12.2. The van der Waals surface area contributed by atoms with Crippen molar-refractivity contribution in [2.24, 2.45) is 11.7 Å². The Morgan fingerprint density at radius 1 is 0.889 bits per heavy atom. The average molecular weight is 503 g/mol. The highest BCUT2D eigenvalue weighted by molar-refractivity contribution is 5.78. The van der Waals surface area contributed by atoms with E-state index in [0.717, 1.165) is 24.2 Å². The van der Waals surface area contributed by atoms with Gasteiger partial charge in [0.25, 0.3) is 0 Å². The van der Waals surface area contributed by atoms with Crippen molar-refractivity contribution in [3.8, 4) is 0 Å². The van der Waals surface area contributed by atoms with Crippen molar-refractivity contribution >= 4 is 29.4 Å². The molecular formula is C25H42N8O3. The molecule has 0 radical (unpaired) electrons. The molecule has 1 heterocycles. The van der Waals surface area contributed by atoms with Crippen LogP contribution in [0, 0.1) is 5.92 Å². The summed E-state index contributed by atoms with van der Waals surface area (Å²) in [7, 11) is 0. The van der Waals surface area contributed by atoms with Gasteiger partial charge in [0, 0.05) is 31.4 Å². The first-order valence-corrected chi connectivity index (χ1v) is 12.6. The van der Waals surface area contributed by atoms with E-state index in [1.165, 1.54) is 0 Å². The molecule has 0 unspecified atom stereocenters. The van der Waals surface area contributed by atoms with Crippen LogP contribution >= 0.6 is 0 Å². The van der Waals surface area contributed by atoms with Crippen LogP contribution in [0.2, 0.25) is 0 Å². The second-order valence-electron chi connectivity index (χ2n) is 9.08. The number of rotatable bonds is 18. The highest BCUT2D eigenvalue weighted by atomic mass is 16.5. The maximum atomic E-state index is 12.2. The van der Waals surface area contributed by atoms with Crippen LogP contribution < -0.4 is 27.0 Å². The summed E-state index contributed by atoms with van der Waals surface area (Å²) < 4.78 is 10.6. The number of anilines is 4. The van der Waals surface area contributed by atoms with E-state index in [2.05, 4.69) is 50.1 Å². The Balaban J connectivity index is 1.84. The number of hydrogen-bond donors (Lipinski definition) is 5. The molecule has 1 aromatic heterocycles. The minimum atomic E-state index is -0.0577. The van der Waals surface area contributed by atoms with E-state index in [4.69, 9.17) is 15.2 Å². The van der Waals surface area contributed by atoms with Gasteiger partial charge in [-0.15, -0.1) is 0 Å². The normalized spacial score (nSPS) is 11.1. The third kappa shape index (κ3) is 12.6. The van der Waals surface area contributed by atoms with Crippen LogP contribution in [0.1, 0.15) is 39.7 Å². The third-order valence-corrected chi connectivity index (χ3v) is 4.84. The van der Waals surface area contributed by atoms with Gasteiger partial charge in [0.15, 0.2) is 0 Å². The maximum Gasteiger partial charge on any atom is 0.233 e. The molecule has 11 heteroatoms. The lowest BCUT2D eigenvalue weighted by atomic mass is 10.1. The van der Waals surface area contributed by atoms with Crippen LogP contribution in [0.25, 0.3) is 0 Å². The van der Waals surface area contributed by atoms with Crippen LogP contribution in [0.5, 0.6) is 0 Å². The van der Waals surface area contributed by atoms with Crippen molar-refractivity contribution in [3.63, 3.8) is 0 Å². The summed E-state index contributed by atoms with van der Waals surface area (Å²) >= 11 is 0. The molecule has 6 N–H and O–H groups in total. The van der Waals surface area contributed by atoms with Crippen molar-refractivity contribution < 1.29 is 14.3 Å². The number of nitrogens with zero attached hydrogens (tertiary/aromatic N) is 3. The fourth-order valence-corrected chi connectivity index (χ4v) is 3.06. The minimum Gasteiger partial charge on any atom is -0.378 e. The SMILES string of the molecule is CC(C)CCNc1nc(Nc2ccc(CC(=O)NCCOCCOCCN)cc2)nc(NC(C)C)n1. The van der Waals surface area contributed by atoms with Crippen molar-refractivity contribution in [2.75, 3.05) is 62.0 Å². The number of hydrogen-bond acceptors (Lipinski definition) is 10. The van der Waals surface area contributed by atoms with Gasteiger partial charge < -0.3 is 36.5 Å². The predicted octanol–water partition coefficient (Wildman–Crippen LogP) is 2.54. The van der Waals surface area contributed by atoms with Crippen molar-refractivity contribution in [2.45, 2.75) is 46.6 Å². The minimum absolute atomic E-state index is 0.0577. The summed E-state index contributed by atoms with van der Waals surface area (Å²) in [5.41, 5.74) is 7.07. The Hall–Kier alpha value is -3.02. The number of benzene rings is 1. The summed E-state index contributed by atoms with van der Waals surface area (Å²) in [5.74, 6) is 2.01. The van der Waals surface area contributed by atoms with Crippen LogP contribution in [0.3, 0.4) is 0 Å². The fourth-order valence-electron chi connectivity index (χ4n) is 3.06. The highest BCUT2D eigenvalue weighted by Gasteiger charge is 2.09.